The fourth-order valence-electron chi connectivity index (χ4n) is 5.07. The molecule has 0 spiro atoms. The van der Waals surface area contributed by atoms with Crippen molar-refractivity contribution in [2.75, 3.05) is 13.1 Å². The quantitative estimate of drug-likeness (QED) is 0.542. The summed E-state index contributed by atoms with van der Waals surface area (Å²) in [5.41, 5.74) is 3.09. The summed E-state index contributed by atoms with van der Waals surface area (Å²) in [6.07, 6.45) is 1.67. The molecule has 3 aromatic rings. The van der Waals surface area contributed by atoms with Gasteiger partial charge in [0.05, 0.1) is 17.8 Å². The molecule has 0 saturated carbocycles. The van der Waals surface area contributed by atoms with Gasteiger partial charge in [0.1, 0.15) is 18.2 Å². The number of nitrogens with zero attached hydrogens (tertiary/aromatic N) is 3. The summed E-state index contributed by atoms with van der Waals surface area (Å²) in [4.78, 5) is 42.7. The molecule has 10 heteroatoms. The van der Waals surface area contributed by atoms with Gasteiger partial charge in [0.15, 0.2) is 0 Å². The number of carbonyl (C=O) groups excluding carboxylic acids is 3. The Morgan fingerprint density at radius 3 is 2.71 bits per heavy atom. The van der Waals surface area contributed by atoms with Crippen molar-refractivity contribution < 1.29 is 23.9 Å². The zero-order valence-corrected chi connectivity index (χ0v) is 21.9. The normalized spacial score (nSPS) is 19.7. The molecule has 2 aliphatic rings. The van der Waals surface area contributed by atoms with E-state index in [1.165, 1.54) is 0 Å². The average molecular weight is 520 g/mol. The summed E-state index contributed by atoms with van der Waals surface area (Å²) in [5, 5.41) is 10.9. The van der Waals surface area contributed by atoms with Gasteiger partial charge in [0.2, 0.25) is 5.91 Å². The van der Waals surface area contributed by atoms with Crippen LogP contribution in [0.3, 0.4) is 0 Å². The fraction of sp³-hybridized carbons (Fsp3) is 0.429. The average Bonchev–Trinajstić information content (AvgIpc) is 3.53. The highest BCUT2D eigenvalue weighted by molar-refractivity contribution is 5.89. The number of ether oxygens (including phenoxy) is 2. The Balaban J connectivity index is 1.37. The molecule has 1 saturated heterocycles. The van der Waals surface area contributed by atoms with Gasteiger partial charge in [0, 0.05) is 31.4 Å². The number of alkyl carbamates (subject to hydrolysis) is 1. The third-order valence-electron chi connectivity index (χ3n) is 6.93. The van der Waals surface area contributed by atoms with Crippen LogP contribution >= 0.6 is 0 Å². The molecule has 0 bridgehead atoms. The zero-order chi connectivity index (χ0) is 26.9. The van der Waals surface area contributed by atoms with Crippen LogP contribution in [0.2, 0.25) is 0 Å². The molecule has 10 nitrogen and oxygen atoms in total. The molecule has 5 rings (SSSR count). The molecule has 38 heavy (non-hydrogen) atoms. The molecule has 2 aliphatic heterocycles. The lowest BCUT2D eigenvalue weighted by atomic mass is 9.99. The largest absolute Gasteiger partial charge is 0.445 e. The van der Waals surface area contributed by atoms with Crippen molar-refractivity contribution in [2.45, 2.75) is 64.4 Å². The number of hydrogen-bond acceptors (Lipinski definition) is 6. The minimum absolute atomic E-state index is 0.108. The molecular formula is C28H33N5O5. The Morgan fingerprint density at radius 2 is 1.95 bits per heavy atom. The Kier molecular flexibility index (Phi) is 6.96. The van der Waals surface area contributed by atoms with Crippen molar-refractivity contribution in [3.05, 3.63) is 65.4 Å². The molecule has 2 N–H and O–H groups in total. The summed E-state index contributed by atoms with van der Waals surface area (Å²) in [6.45, 7) is 6.81. The van der Waals surface area contributed by atoms with Gasteiger partial charge in [-0.25, -0.2) is 9.59 Å². The Hall–Kier alpha value is -4.08. The first-order valence-corrected chi connectivity index (χ1v) is 12.9. The van der Waals surface area contributed by atoms with Gasteiger partial charge in [-0.2, -0.15) is 5.10 Å². The lowest BCUT2D eigenvalue weighted by Crippen LogP contribution is -2.52. The van der Waals surface area contributed by atoms with Crippen LogP contribution in [0, 0.1) is 0 Å². The van der Waals surface area contributed by atoms with E-state index >= 15 is 0 Å². The van der Waals surface area contributed by atoms with Gasteiger partial charge in [-0.3, -0.25) is 9.89 Å². The number of amides is 3. The third-order valence-corrected chi connectivity index (χ3v) is 6.93. The summed E-state index contributed by atoms with van der Waals surface area (Å²) in [7, 11) is 0. The van der Waals surface area contributed by atoms with Crippen molar-refractivity contribution >= 4 is 29.0 Å². The highest BCUT2D eigenvalue weighted by Gasteiger charge is 2.40. The van der Waals surface area contributed by atoms with Crippen molar-refractivity contribution in [1.82, 2.24) is 25.3 Å². The maximum Gasteiger partial charge on any atom is 0.410 e. The van der Waals surface area contributed by atoms with Gasteiger partial charge in [-0.15, -0.1) is 0 Å². The number of likely N-dealkylation sites (tertiary alicyclic amines) is 1. The summed E-state index contributed by atoms with van der Waals surface area (Å²) >= 11 is 0. The Bertz CT molecular complexity index is 1330. The molecule has 1 aromatic heterocycles. The van der Waals surface area contributed by atoms with Gasteiger partial charge >= 0.3 is 12.2 Å². The van der Waals surface area contributed by atoms with Crippen molar-refractivity contribution in [3.63, 3.8) is 0 Å². The molecular weight excluding hydrogens is 486 g/mol. The van der Waals surface area contributed by atoms with E-state index in [4.69, 9.17) is 9.47 Å². The summed E-state index contributed by atoms with van der Waals surface area (Å²) < 4.78 is 11.0. The SMILES string of the molecule is CC(C)(C)OC(=O)N1CCC(N2Cc3c(ccc4[nH]ncc34)C[C@@H](NC(=O)OCc3ccccc3)C2=O)C1. The number of nitrogens with one attached hydrogen (secondary N) is 2. The Labute approximate surface area is 221 Å². The summed E-state index contributed by atoms with van der Waals surface area (Å²) in [5.74, 6) is -0.203. The van der Waals surface area contributed by atoms with Gasteiger partial charge in [-0.05, 0) is 49.9 Å². The third kappa shape index (κ3) is 5.58. The predicted octanol–water partition coefficient (Wildman–Crippen LogP) is 3.75. The highest BCUT2D eigenvalue weighted by Crippen LogP contribution is 2.30. The van der Waals surface area contributed by atoms with Crippen LogP contribution in [0.5, 0.6) is 0 Å². The number of fused-ring (bicyclic) bond motifs is 3. The standard InChI is InChI=1S/C28H33N5O5/c1-28(2,3)38-27(36)32-12-11-20(15-32)33-16-22-19(9-10-23-21(22)14-29-31-23)13-24(25(33)34)30-26(35)37-17-18-7-5-4-6-8-18/h4-10,14,20,24H,11-13,15-17H2,1-3H3,(H,29,31)(H,30,35)/t20?,24-/m1/s1. The predicted molar refractivity (Wildman–Crippen MR) is 140 cm³/mol. The van der Waals surface area contributed by atoms with E-state index in [9.17, 15) is 14.4 Å². The molecule has 0 aliphatic carbocycles. The molecule has 0 radical (unpaired) electrons. The number of aromatic amines is 1. The zero-order valence-electron chi connectivity index (χ0n) is 21.9. The Morgan fingerprint density at radius 1 is 1.16 bits per heavy atom. The number of rotatable bonds is 4. The lowest BCUT2D eigenvalue weighted by Gasteiger charge is -2.31. The van der Waals surface area contributed by atoms with Gasteiger partial charge in [-0.1, -0.05) is 36.4 Å². The van der Waals surface area contributed by atoms with E-state index in [2.05, 4.69) is 15.5 Å². The molecule has 2 atom stereocenters. The second-order valence-corrected chi connectivity index (χ2v) is 10.8. The van der Waals surface area contributed by atoms with Crippen LogP contribution in [0.25, 0.3) is 10.9 Å². The number of H-pyrrole nitrogens is 1. The molecule has 2 aromatic carbocycles. The molecule has 1 unspecified atom stereocenters. The first kappa shape index (κ1) is 25.6. The van der Waals surface area contributed by atoms with E-state index < -0.39 is 17.7 Å². The van der Waals surface area contributed by atoms with E-state index in [0.717, 1.165) is 27.6 Å². The number of benzene rings is 2. The lowest BCUT2D eigenvalue weighted by molar-refractivity contribution is -0.135. The first-order valence-electron chi connectivity index (χ1n) is 12.9. The highest BCUT2D eigenvalue weighted by atomic mass is 16.6. The summed E-state index contributed by atoms with van der Waals surface area (Å²) in [6, 6.07) is 12.3. The van der Waals surface area contributed by atoms with Crippen LogP contribution in [0.15, 0.2) is 48.7 Å². The van der Waals surface area contributed by atoms with Crippen LogP contribution < -0.4 is 5.32 Å². The van der Waals surface area contributed by atoms with Gasteiger partial charge < -0.3 is 24.6 Å². The minimum atomic E-state index is -0.806. The van der Waals surface area contributed by atoms with E-state index in [1.807, 2.05) is 63.2 Å². The molecule has 1 fully saturated rings. The monoisotopic (exact) mass is 519 g/mol. The van der Waals surface area contributed by atoms with Crippen LogP contribution in [0.4, 0.5) is 9.59 Å². The first-order chi connectivity index (χ1) is 18.2. The second-order valence-electron chi connectivity index (χ2n) is 10.8. The maximum absolute atomic E-state index is 13.9. The minimum Gasteiger partial charge on any atom is -0.445 e. The van der Waals surface area contributed by atoms with Crippen LogP contribution in [-0.2, 0) is 33.8 Å². The second kappa shape index (κ2) is 10.4. The van der Waals surface area contributed by atoms with Crippen molar-refractivity contribution in [3.8, 4) is 0 Å². The topological polar surface area (TPSA) is 117 Å². The van der Waals surface area contributed by atoms with Crippen LogP contribution in [-0.4, -0.2) is 68.9 Å². The molecule has 3 heterocycles. The number of carbonyl (C=O) groups is 3. The fourth-order valence-corrected chi connectivity index (χ4v) is 5.07. The van der Waals surface area contributed by atoms with Crippen LogP contribution in [0.1, 0.15) is 43.9 Å². The smallest absolute Gasteiger partial charge is 0.410 e. The van der Waals surface area contributed by atoms with E-state index in [1.54, 1.807) is 16.0 Å². The maximum atomic E-state index is 13.9. The van der Waals surface area contributed by atoms with Crippen molar-refractivity contribution in [1.29, 1.82) is 0 Å². The molecule has 200 valence electrons. The number of aromatic nitrogens is 2. The van der Waals surface area contributed by atoms with Gasteiger partial charge in [0.25, 0.3) is 0 Å². The van der Waals surface area contributed by atoms with E-state index in [-0.39, 0.29) is 24.6 Å². The van der Waals surface area contributed by atoms with Crippen molar-refractivity contribution in [2.24, 2.45) is 0 Å². The van der Waals surface area contributed by atoms with E-state index in [0.29, 0.717) is 32.5 Å². The number of hydrogen-bond donors (Lipinski definition) is 2. The molecule has 3 amide bonds.